The predicted octanol–water partition coefficient (Wildman–Crippen LogP) is 3.43. The zero-order valence-electron chi connectivity index (χ0n) is 10.0. The first-order chi connectivity index (χ1) is 7.68. The molecular formula is C15H19N. The molecule has 1 atom stereocenters. The molecule has 2 aromatic rings. The highest BCUT2D eigenvalue weighted by Gasteiger charge is 2.03. The van der Waals surface area contributed by atoms with Crippen molar-refractivity contribution in [1.82, 2.24) is 0 Å². The highest BCUT2D eigenvalue weighted by molar-refractivity contribution is 5.88. The summed E-state index contributed by atoms with van der Waals surface area (Å²) in [5.41, 5.74) is 8.58. The van der Waals surface area contributed by atoms with E-state index in [-0.39, 0.29) is 6.04 Å². The Kier molecular flexibility index (Phi) is 3.25. The van der Waals surface area contributed by atoms with Gasteiger partial charge in [-0.05, 0) is 48.6 Å². The van der Waals surface area contributed by atoms with Gasteiger partial charge in [-0.1, -0.05) is 36.4 Å². The molecule has 2 N–H and O–H groups in total. The van der Waals surface area contributed by atoms with Gasteiger partial charge in [0.15, 0.2) is 0 Å². The van der Waals surface area contributed by atoms with Gasteiger partial charge in [0, 0.05) is 6.04 Å². The number of nitrogens with two attached hydrogens (primary N) is 1. The van der Waals surface area contributed by atoms with Crippen LogP contribution in [0.5, 0.6) is 0 Å². The second-order valence-corrected chi connectivity index (χ2v) is 4.60. The van der Waals surface area contributed by atoms with Crippen LogP contribution in [0.25, 0.3) is 10.8 Å². The summed E-state index contributed by atoms with van der Waals surface area (Å²) in [5.74, 6) is 0. The first kappa shape index (κ1) is 11.2. The third-order valence-corrected chi connectivity index (χ3v) is 3.10. The van der Waals surface area contributed by atoms with E-state index in [9.17, 15) is 0 Å². The predicted molar refractivity (Wildman–Crippen MR) is 70.7 cm³/mol. The third-order valence-electron chi connectivity index (χ3n) is 3.10. The lowest BCUT2D eigenvalue weighted by atomic mass is 9.96. The highest BCUT2D eigenvalue weighted by Crippen LogP contribution is 2.23. The summed E-state index contributed by atoms with van der Waals surface area (Å²) < 4.78 is 0. The zero-order chi connectivity index (χ0) is 11.5. The van der Waals surface area contributed by atoms with Crippen molar-refractivity contribution in [3.63, 3.8) is 0 Å². The highest BCUT2D eigenvalue weighted by atomic mass is 14.6. The molecule has 0 amide bonds. The molecule has 0 fully saturated rings. The van der Waals surface area contributed by atoms with Crippen LogP contribution in [0.2, 0.25) is 0 Å². The Labute approximate surface area is 97.3 Å². The molecule has 0 bridgehead atoms. The van der Waals surface area contributed by atoms with Crippen molar-refractivity contribution in [3.05, 3.63) is 47.5 Å². The molecule has 2 aromatic carbocycles. The van der Waals surface area contributed by atoms with E-state index in [0.29, 0.717) is 0 Å². The monoisotopic (exact) mass is 213 g/mol. The molecule has 1 nitrogen and oxygen atoms in total. The van der Waals surface area contributed by atoms with E-state index in [1.54, 1.807) is 0 Å². The molecule has 16 heavy (non-hydrogen) atoms. The first-order valence-electron chi connectivity index (χ1n) is 5.91. The average Bonchev–Trinajstić information content (AvgIpc) is 2.28. The van der Waals surface area contributed by atoms with Gasteiger partial charge in [0.05, 0.1) is 0 Å². The van der Waals surface area contributed by atoms with Crippen molar-refractivity contribution in [2.75, 3.05) is 0 Å². The number of fused-ring (bicyclic) bond motifs is 1. The van der Waals surface area contributed by atoms with Crippen LogP contribution in [0.3, 0.4) is 0 Å². The molecule has 1 heteroatoms. The van der Waals surface area contributed by atoms with Gasteiger partial charge in [-0.3, -0.25) is 0 Å². The van der Waals surface area contributed by atoms with Gasteiger partial charge in [-0.15, -0.1) is 0 Å². The van der Waals surface area contributed by atoms with Crippen LogP contribution < -0.4 is 5.73 Å². The summed E-state index contributed by atoms with van der Waals surface area (Å²) >= 11 is 0. The Morgan fingerprint density at radius 2 is 1.75 bits per heavy atom. The van der Waals surface area contributed by atoms with E-state index in [4.69, 9.17) is 5.73 Å². The maximum absolute atomic E-state index is 5.81. The largest absolute Gasteiger partial charge is 0.328 e. The second kappa shape index (κ2) is 4.67. The lowest BCUT2D eigenvalue weighted by molar-refractivity contribution is 0.668. The summed E-state index contributed by atoms with van der Waals surface area (Å²) in [7, 11) is 0. The molecular weight excluding hydrogens is 194 g/mol. The fourth-order valence-electron chi connectivity index (χ4n) is 2.11. The molecule has 0 spiro atoms. The minimum absolute atomic E-state index is 0.278. The minimum Gasteiger partial charge on any atom is -0.328 e. The van der Waals surface area contributed by atoms with Gasteiger partial charge >= 0.3 is 0 Å². The van der Waals surface area contributed by atoms with Gasteiger partial charge in [0.1, 0.15) is 0 Å². The summed E-state index contributed by atoms with van der Waals surface area (Å²) in [6, 6.07) is 13.3. The number of benzene rings is 2. The van der Waals surface area contributed by atoms with Crippen LogP contribution in [0.1, 0.15) is 24.5 Å². The van der Waals surface area contributed by atoms with Crippen LogP contribution in [0, 0.1) is 6.92 Å². The van der Waals surface area contributed by atoms with Gasteiger partial charge < -0.3 is 5.73 Å². The summed E-state index contributed by atoms with van der Waals surface area (Å²) in [6.07, 6.45) is 2.12. The molecule has 0 saturated heterocycles. The third kappa shape index (κ3) is 2.25. The Bertz CT molecular complexity index is 486. The topological polar surface area (TPSA) is 26.0 Å². The molecule has 0 aliphatic carbocycles. The maximum atomic E-state index is 5.81. The fourth-order valence-corrected chi connectivity index (χ4v) is 2.11. The molecule has 84 valence electrons. The van der Waals surface area contributed by atoms with Gasteiger partial charge in [0.25, 0.3) is 0 Å². The van der Waals surface area contributed by atoms with Crippen molar-refractivity contribution in [2.45, 2.75) is 32.7 Å². The van der Waals surface area contributed by atoms with Crippen LogP contribution in [-0.2, 0) is 6.42 Å². The maximum Gasteiger partial charge on any atom is 0.00136 e. The van der Waals surface area contributed by atoms with E-state index < -0.39 is 0 Å². The summed E-state index contributed by atoms with van der Waals surface area (Å²) in [6.45, 7) is 4.23. The van der Waals surface area contributed by atoms with Crippen molar-refractivity contribution in [3.8, 4) is 0 Å². The fraction of sp³-hybridized carbons (Fsp3) is 0.333. The van der Waals surface area contributed by atoms with Gasteiger partial charge in [-0.25, -0.2) is 0 Å². The number of hydrogen-bond acceptors (Lipinski definition) is 1. The average molecular weight is 213 g/mol. The quantitative estimate of drug-likeness (QED) is 0.830. The van der Waals surface area contributed by atoms with Crippen molar-refractivity contribution >= 4 is 10.8 Å². The lowest BCUT2D eigenvalue weighted by Crippen LogP contribution is -2.15. The van der Waals surface area contributed by atoms with Gasteiger partial charge in [0.2, 0.25) is 0 Å². The first-order valence-corrected chi connectivity index (χ1v) is 5.91. The SMILES string of the molecule is Cc1ccc(CC[C@H](C)N)c2ccccc12. The van der Waals surface area contributed by atoms with Gasteiger partial charge in [-0.2, -0.15) is 0 Å². The van der Waals surface area contributed by atoms with Crippen LogP contribution in [0.4, 0.5) is 0 Å². The molecule has 0 aliphatic heterocycles. The molecule has 0 heterocycles. The van der Waals surface area contributed by atoms with Crippen molar-refractivity contribution in [1.29, 1.82) is 0 Å². The Morgan fingerprint density at radius 1 is 1.06 bits per heavy atom. The van der Waals surface area contributed by atoms with Crippen molar-refractivity contribution < 1.29 is 0 Å². The van der Waals surface area contributed by atoms with E-state index in [1.165, 1.54) is 21.9 Å². The van der Waals surface area contributed by atoms with Crippen LogP contribution >= 0.6 is 0 Å². The van der Waals surface area contributed by atoms with E-state index >= 15 is 0 Å². The minimum atomic E-state index is 0.278. The molecule has 0 saturated carbocycles. The van der Waals surface area contributed by atoms with Crippen molar-refractivity contribution in [2.24, 2.45) is 5.73 Å². The zero-order valence-corrected chi connectivity index (χ0v) is 10.0. The normalized spacial score (nSPS) is 12.9. The molecule has 0 unspecified atom stereocenters. The number of hydrogen-bond donors (Lipinski definition) is 1. The number of rotatable bonds is 3. The number of aryl methyl sites for hydroxylation is 2. The van der Waals surface area contributed by atoms with Crippen LogP contribution in [0.15, 0.2) is 36.4 Å². The smallest absolute Gasteiger partial charge is 0.00136 e. The molecule has 0 aliphatic rings. The Morgan fingerprint density at radius 3 is 2.44 bits per heavy atom. The summed E-state index contributed by atoms with van der Waals surface area (Å²) in [4.78, 5) is 0. The van der Waals surface area contributed by atoms with E-state index in [0.717, 1.165) is 12.8 Å². The molecule has 2 rings (SSSR count). The molecule has 0 aromatic heterocycles. The lowest BCUT2D eigenvalue weighted by Gasteiger charge is -2.10. The van der Waals surface area contributed by atoms with Crippen LogP contribution in [-0.4, -0.2) is 6.04 Å². The summed E-state index contributed by atoms with van der Waals surface area (Å²) in [5, 5.41) is 2.74. The standard InChI is InChI=1S/C15H19N/c1-11-7-9-13(10-8-12(2)16)15-6-4-3-5-14(11)15/h3-7,9,12H,8,10,16H2,1-2H3/t12-/m0/s1. The van der Waals surface area contributed by atoms with E-state index in [2.05, 4.69) is 50.2 Å². The second-order valence-electron chi connectivity index (χ2n) is 4.60. The Balaban J connectivity index is 2.42. The van der Waals surface area contributed by atoms with E-state index in [1.807, 2.05) is 0 Å². The Hall–Kier alpha value is -1.34. The molecule has 0 radical (unpaired) electrons.